The molecule has 1 heterocycles. The van der Waals surface area contributed by atoms with Gasteiger partial charge >= 0.3 is 0 Å². The first-order valence-corrected chi connectivity index (χ1v) is 18.5. The zero-order valence-corrected chi connectivity index (χ0v) is 28.2. The lowest BCUT2D eigenvalue weighted by atomic mass is 9.96. The Hall–Kier alpha value is -1.96. The second kappa shape index (κ2) is 13.0. The smallest absolute Gasteiger partial charge is 0.283 e. The average Bonchev–Trinajstić information content (AvgIpc) is 3.27. The number of carbonyl (C=O) groups excluding carboxylic acids is 1. The number of ether oxygens (including phenoxy) is 5. The van der Waals surface area contributed by atoms with Crippen LogP contribution in [0.2, 0.25) is 18.1 Å². The van der Waals surface area contributed by atoms with Crippen LogP contribution in [0.25, 0.3) is 0 Å². The second-order valence-corrected chi connectivity index (χ2v) is 19.4. The highest BCUT2D eigenvalue weighted by atomic mass is 32.2. The predicted octanol–water partition coefficient (Wildman–Crippen LogP) is 5.66. The van der Waals surface area contributed by atoms with Crippen LogP contribution < -0.4 is 0 Å². The van der Waals surface area contributed by atoms with E-state index in [-0.39, 0.29) is 9.93 Å². The van der Waals surface area contributed by atoms with E-state index < -0.39 is 65.7 Å². The third kappa shape index (κ3) is 7.39. The number of methoxy groups -OCH3 is 3. The van der Waals surface area contributed by atoms with Crippen LogP contribution in [0.1, 0.15) is 52.7 Å². The Morgan fingerprint density at radius 3 is 1.88 bits per heavy atom. The fraction of sp³-hybridized carbons (Fsp3) is 0.581. The predicted molar refractivity (Wildman–Crippen MR) is 162 cm³/mol. The summed E-state index contributed by atoms with van der Waals surface area (Å²) in [5.74, 6) is -3.70. The van der Waals surface area contributed by atoms with Gasteiger partial charge in [0, 0.05) is 21.3 Å². The van der Waals surface area contributed by atoms with Gasteiger partial charge in [-0.2, -0.15) is 0 Å². The minimum absolute atomic E-state index is 0.0209. The van der Waals surface area contributed by atoms with Gasteiger partial charge in [0.05, 0.1) is 17.4 Å². The quantitative estimate of drug-likeness (QED) is 0.206. The van der Waals surface area contributed by atoms with Crippen molar-refractivity contribution in [2.75, 3.05) is 21.3 Å². The molecule has 0 saturated carbocycles. The van der Waals surface area contributed by atoms with E-state index >= 15 is 0 Å². The normalized spacial score (nSPS) is 21.2. The number of ketones is 1. The van der Waals surface area contributed by atoms with Gasteiger partial charge in [-0.1, -0.05) is 69.3 Å². The van der Waals surface area contributed by atoms with Crippen LogP contribution in [0.4, 0.5) is 0 Å². The Labute approximate surface area is 251 Å². The Bertz CT molecular complexity index is 1280. The fourth-order valence-corrected chi connectivity index (χ4v) is 7.73. The summed E-state index contributed by atoms with van der Waals surface area (Å²) in [4.78, 5) is 14.6. The summed E-state index contributed by atoms with van der Waals surface area (Å²) in [6, 6.07) is 17.3. The maximum absolute atomic E-state index is 14.6. The Kier molecular flexibility index (Phi) is 10.6. The van der Waals surface area contributed by atoms with Crippen LogP contribution in [-0.4, -0.2) is 73.1 Å². The third-order valence-electron chi connectivity index (χ3n) is 8.20. The molecule has 1 fully saturated rings. The molecule has 4 atom stereocenters. The molecule has 2 aromatic rings. The van der Waals surface area contributed by atoms with Gasteiger partial charge in [-0.15, -0.1) is 0 Å². The Balaban J connectivity index is 2.17. The molecule has 1 aliphatic heterocycles. The lowest BCUT2D eigenvalue weighted by molar-refractivity contribution is -0.354. The number of carbonyl (C=O) groups is 1. The standard InChI is InChI=1S/C31H46O9SSi/c1-29(2,3)42(9,10)40-26(22-17-13-11-14-18-22)28-27(38-30(4,5)39-28)25(32)24(21-31(35-6,36-7)37-8)41(33,34)23-19-15-12-16-20-23/h11-20,24,26-28H,21H2,1-10H3/t24?,26-,27-,28-/m1/s1. The molecule has 42 heavy (non-hydrogen) atoms. The van der Waals surface area contributed by atoms with E-state index in [4.69, 9.17) is 28.1 Å². The van der Waals surface area contributed by atoms with Crippen LogP contribution in [0.5, 0.6) is 0 Å². The highest BCUT2D eigenvalue weighted by molar-refractivity contribution is 7.92. The van der Waals surface area contributed by atoms with Crippen LogP contribution in [0.3, 0.4) is 0 Å². The van der Waals surface area contributed by atoms with E-state index in [2.05, 4.69) is 33.9 Å². The first-order valence-electron chi connectivity index (χ1n) is 14.0. The Morgan fingerprint density at radius 2 is 1.40 bits per heavy atom. The van der Waals surface area contributed by atoms with E-state index in [0.717, 1.165) is 5.56 Å². The molecule has 0 aliphatic carbocycles. The van der Waals surface area contributed by atoms with Crippen molar-refractivity contribution in [2.45, 2.75) is 99.4 Å². The lowest BCUT2D eigenvalue weighted by Gasteiger charge is -2.41. The molecular weight excluding hydrogens is 576 g/mol. The number of hydrogen-bond donors (Lipinski definition) is 0. The van der Waals surface area contributed by atoms with E-state index in [1.807, 2.05) is 30.3 Å². The SMILES string of the molecule is COC(CC(C(=O)[C@H]1OC(C)(C)O[C@@H]1[C@H](O[Si](C)(C)C(C)(C)C)c1ccccc1)S(=O)(=O)c1ccccc1)(OC)OC. The van der Waals surface area contributed by atoms with Gasteiger partial charge in [0.1, 0.15) is 17.5 Å². The monoisotopic (exact) mass is 622 g/mol. The molecule has 234 valence electrons. The maximum Gasteiger partial charge on any atom is 0.283 e. The zero-order chi connectivity index (χ0) is 31.6. The molecule has 0 aromatic heterocycles. The molecule has 1 aliphatic rings. The molecule has 2 aromatic carbocycles. The summed E-state index contributed by atoms with van der Waals surface area (Å²) in [5.41, 5.74) is 0.800. The molecule has 0 radical (unpaired) electrons. The molecule has 1 saturated heterocycles. The summed E-state index contributed by atoms with van der Waals surface area (Å²) in [7, 11) is -2.73. The van der Waals surface area contributed by atoms with Crippen LogP contribution >= 0.6 is 0 Å². The van der Waals surface area contributed by atoms with Gasteiger partial charge in [0.15, 0.2) is 29.7 Å². The first kappa shape index (κ1) is 34.5. The van der Waals surface area contributed by atoms with Crippen LogP contribution in [0, 0.1) is 0 Å². The minimum Gasteiger partial charge on any atom is -0.407 e. The first-order chi connectivity index (χ1) is 19.4. The van der Waals surface area contributed by atoms with Crippen LogP contribution in [0.15, 0.2) is 65.6 Å². The molecule has 0 bridgehead atoms. The number of hydrogen-bond acceptors (Lipinski definition) is 9. The number of sulfone groups is 1. The van der Waals surface area contributed by atoms with Crippen LogP contribution in [-0.2, 0) is 42.7 Å². The van der Waals surface area contributed by atoms with Gasteiger partial charge in [-0.25, -0.2) is 8.42 Å². The number of rotatable bonds is 13. The molecule has 0 spiro atoms. The maximum atomic E-state index is 14.6. The van der Waals surface area contributed by atoms with Gasteiger partial charge in [-0.3, -0.25) is 4.79 Å². The molecule has 9 nitrogen and oxygen atoms in total. The van der Waals surface area contributed by atoms with Gasteiger partial charge < -0.3 is 28.1 Å². The largest absolute Gasteiger partial charge is 0.407 e. The van der Waals surface area contributed by atoms with Gasteiger partial charge in [-0.05, 0) is 49.7 Å². The lowest BCUT2D eigenvalue weighted by Crippen LogP contribution is -2.51. The van der Waals surface area contributed by atoms with E-state index in [9.17, 15) is 13.2 Å². The van der Waals surface area contributed by atoms with Crippen molar-refractivity contribution in [3.05, 3.63) is 66.2 Å². The molecule has 0 N–H and O–H groups in total. The summed E-state index contributed by atoms with van der Waals surface area (Å²) < 4.78 is 64.1. The van der Waals surface area contributed by atoms with Crippen molar-refractivity contribution in [3.63, 3.8) is 0 Å². The molecule has 0 amide bonds. The van der Waals surface area contributed by atoms with Crippen molar-refractivity contribution in [1.29, 1.82) is 0 Å². The number of benzene rings is 2. The van der Waals surface area contributed by atoms with Crippen molar-refractivity contribution in [2.24, 2.45) is 0 Å². The summed E-state index contributed by atoms with van der Waals surface area (Å²) in [5, 5.41) is -1.81. The van der Waals surface area contributed by atoms with Crippen molar-refractivity contribution in [1.82, 2.24) is 0 Å². The van der Waals surface area contributed by atoms with E-state index in [0.29, 0.717) is 0 Å². The highest BCUT2D eigenvalue weighted by Gasteiger charge is 2.56. The minimum atomic E-state index is -4.27. The molecule has 3 rings (SSSR count). The van der Waals surface area contributed by atoms with Gasteiger partial charge in [0.25, 0.3) is 5.97 Å². The van der Waals surface area contributed by atoms with Crippen molar-refractivity contribution < 1.29 is 41.3 Å². The average molecular weight is 623 g/mol. The zero-order valence-electron chi connectivity index (χ0n) is 26.4. The second-order valence-electron chi connectivity index (χ2n) is 12.5. The summed E-state index contributed by atoms with van der Waals surface area (Å²) in [6.45, 7) is 14.0. The van der Waals surface area contributed by atoms with E-state index in [1.165, 1.54) is 33.5 Å². The summed E-state index contributed by atoms with van der Waals surface area (Å²) >= 11 is 0. The van der Waals surface area contributed by atoms with E-state index in [1.54, 1.807) is 32.0 Å². The topological polar surface area (TPSA) is 107 Å². The molecule has 1 unspecified atom stereocenters. The molecular formula is C31H46O9SSi. The van der Waals surface area contributed by atoms with Gasteiger partial charge in [0.2, 0.25) is 0 Å². The summed E-state index contributed by atoms with van der Waals surface area (Å²) in [6.07, 6.45) is -3.39. The Morgan fingerprint density at radius 1 is 0.905 bits per heavy atom. The van der Waals surface area contributed by atoms with Crippen molar-refractivity contribution in [3.8, 4) is 0 Å². The number of Topliss-reactive ketones (excluding diaryl/α,β-unsaturated/α-hetero) is 1. The molecule has 11 heteroatoms. The van der Waals surface area contributed by atoms with Crippen molar-refractivity contribution >= 4 is 23.9 Å². The fourth-order valence-electron chi connectivity index (χ4n) is 4.74. The highest BCUT2D eigenvalue weighted by Crippen LogP contribution is 2.45. The third-order valence-corrected chi connectivity index (χ3v) is 14.7.